The van der Waals surface area contributed by atoms with Crippen molar-refractivity contribution in [3.05, 3.63) is 192 Å². The molecule has 0 aromatic heterocycles. The number of rotatable bonds is 14. The van der Waals surface area contributed by atoms with Gasteiger partial charge in [-0.3, -0.25) is 4.90 Å². The minimum absolute atomic E-state index is 0.166. The van der Waals surface area contributed by atoms with Crippen LogP contribution < -0.4 is 0 Å². The summed E-state index contributed by atoms with van der Waals surface area (Å²) in [6, 6.07) is 49.6. The Morgan fingerprint density at radius 2 is 0.918 bits per heavy atom. The molecule has 4 atom stereocenters. The Bertz CT molecular complexity index is 1700. The number of carbonyl (C=O) groups excluding carboxylic acids is 1. The van der Waals surface area contributed by atoms with Gasteiger partial charge >= 0.3 is 6.09 Å². The number of carbonyl (C=O) groups is 1. The molecule has 0 unspecified atom stereocenters. The molecule has 6 rings (SSSR count). The molecule has 0 aliphatic heterocycles. The predicted octanol–water partition coefficient (Wildman–Crippen LogP) is 8.91. The first-order valence-corrected chi connectivity index (χ1v) is 16.9. The highest BCUT2D eigenvalue weighted by Crippen LogP contribution is 2.30. The SMILES string of the molecule is O=C(OCc1ccccc1)N(Cc1ccccc1)[C@@H]1CC=C[C@@H](OCc2ccccc2)[C@@H](OCc2ccccc2)[C@H]1OCc1ccccc1. The van der Waals surface area contributed by atoms with Gasteiger partial charge in [0.15, 0.2) is 0 Å². The molecule has 5 aromatic carbocycles. The van der Waals surface area contributed by atoms with Crippen LogP contribution in [0.4, 0.5) is 4.79 Å². The molecule has 5 aromatic rings. The molecule has 1 amide bonds. The number of ether oxygens (including phenoxy) is 4. The first kappa shape index (κ1) is 33.9. The van der Waals surface area contributed by atoms with Crippen LogP contribution in [-0.2, 0) is 51.9 Å². The second-order valence-corrected chi connectivity index (χ2v) is 12.2. The molecule has 0 fully saturated rings. The van der Waals surface area contributed by atoms with Crippen LogP contribution in [0.2, 0.25) is 0 Å². The lowest BCUT2D eigenvalue weighted by Gasteiger charge is -2.40. The van der Waals surface area contributed by atoms with E-state index in [0.717, 1.165) is 27.8 Å². The van der Waals surface area contributed by atoms with Gasteiger partial charge in [0.05, 0.1) is 25.9 Å². The summed E-state index contributed by atoms with van der Waals surface area (Å²) in [6.07, 6.45) is 2.73. The predicted molar refractivity (Wildman–Crippen MR) is 191 cm³/mol. The van der Waals surface area contributed by atoms with Gasteiger partial charge in [0.2, 0.25) is 0 Å². The van der Waals surface area contributed by atoms with Crippen molar-refractivity contribution in [1.82, 2.24) is 4.90 Å². The zero-order valence-electron chi connectivity index (χ0n) is 27.6. The molecule has 250 valence electrons. The number of benzene rings is 5. The zero-order valence-corrected chi connectivity index (χ0v) is 27.6. The summed E-state index contributed by atoms with van der Waals surface area (Å²) in [5.74, 6) is 0. The Hall–Kier alpha value is -5.01. The van der Waals surface area contributed by atoms with E-state index in [-0.39, 0.29) is 6.61 Å². The van der Waals surface area contributed by atoms with Gasteiger partial charge in [-0.25, -0.2) is 4.79 Å². The number of hydrogen-bond acceptors (Lipinski definition) is 5. The highest BCUT2D eigenvalue weighted by molar-refractivity contribution is 5.68. The maximum Gasteiger partial charge on any atom is 0.410 e. The summed E-state index contributed by atoms with van der Waals surface area (Å²) in [4.78, 5) is 16.0. The fourth-order valence-corrected chi connectivity index (χ4v) is 6.05. The van der Waals surface area contributed by atoms with Crippen LogP contribution in [0.1, 0.15) is 34.2 Å². The van der Waals surface area contributed by atoms with E-state index < -0.39 is 30.4 Å². The molecule has 0 N–H and O–H groups in total. The lowest BCUT2D eigenvalue weighted by Crippen LogP contribution is -2.54. The van der Waals surface area contributed by atoms with Crippen molar-refractivity contribution >= 4 is 6.09 Å². The molecular weight excluding hydrogens is 610 g/mol. The van der Waals surface area contributed by atoms with E-state index in [1.165, 1.54) is 0 Å². The summed E-state index contributed by atoms with van der Waals surface area (Å²) in [7, 11) is 0. The fraction of sp³-hybridized carbons (Fsp3) is 0.233. The van der Waals surface area contributed by atoms with Crippen molar-refractivity contribution in [3.8, 4) is 0 Å². The molecule has 1 aliphatic rings. The van der Waals surface area contributed by atoms with Gasteiger partial charge < -0.3 is 18.9 Å². The molecular formula is C43H43NO5. The standard InChI is InChI=1S/C43H43NO5/c45-43(49-33-38-25-14-5-15-26-38)44(29-34-17-6-1-7-18-34)39-27-16-28-40(46-30-35-19-8-2-9-20-35)42(48-32-37-23-12-4-13-24-37)41(39)47-31-36-21-10-3-11-22-36/h1-26,28,39-42H,27,29-33H2/t39-,40-,41+,42-/m1/s1. The van der Waals surface area contributed by atoms with Crippen molar-refractivity contribution < 1.29 is 23.7 Å². The number of hydrogen-bond donors (Lipinski definition) is 0. The highest BCUT2D eigenvalue weighted by Gasteiger charge is 2.42. The minimum atomic E-state index is -0.562. The van der Waals surface area contributed by atoms with E-state index in [9.17, 15) is 4.79 Å². The van der Waals surface area contributed by atoms with Gasteiger partial charge in [0.25, 0.3) is 0 Å². The third-order valence-corrected chi connectivity index (χ3v) is 8.62. The van der Waals surface area contributed by atoms with Gasteiger partial charge in [-0.15, -0.1) is 0 Å². The van der Waals surface area contributed by atoms with Crippen LogP contribution in [0.5, 0.6) is 0 Å². The van der Waals surface area contributed by atoms with Crippen LogP contribution in [0.15, 0.2) is 164 Å². The molecule has 6 nitrogen and oxygen atoms in total. The second kappa shape index (κ2) is 17.9. The van der Waals surface area contributed by atoms with Gasteiger partial charge in [-0.2, -0.15) is 0 Å². The monoisotopic (exact) mass is 653 g/mol. The van der Waals surface area contributed by atoms with E-state index >= 15 is 0 Å². The normalized spacial score (nSPS) is 18.8. The zero-order chi connectivity index (χ0) is 33.5. The first-order valence-electron chi connectivity index (χ1n) is 16.9. The fourth-order valence-electron chi connectivity index (χ4n) is 6.05. The Labute approximate surface area is 289 Å². The summed E-state index contributed by atoms with van der Waals surface area (Å²) in [5.41, 5.74) is 5.05. The van der Waals surface area contributed by atoms with Crippen LogP contribution >= 0.6 is 0 Å². The maximum absolute atomic E-state index is 14.2. The van der Waals surface area contributed by atoms with Gasteiger partial charge in [-0.05, 0) is 34.2 Å². The number of nitrogens with zero attached hydrogens (tertiary/aromatic N) is 1. The quantitative estimate of drug-likeness (QED) is 0.112. The number of amides is 1. The molecule has 49 heavy (non-hydrogen) atoms. The molecule has 6 heteroatoms. The molecule has 0 saturated carbocycles. The lowest BCUT2D eigenvalue weighted by atomic mass is 9.99. The Kier molecular flexibility index (Phi) is 12.4. The average molecular weight is 654 g/mol. The Morgan fingerprint density at radius 3 is 1.41 bits per heavy atom. The van der Waals surface area contributed by atoms with E-state index in [1.807, 2.05) is 140 Å². The molecule has 0 radical (unpaired) electrons. The lowest BCUT2D eigenvalue weighted by molar-refractivity contribution is -0.155. The Balaban J connectivity index is 1.34. The topological polar surface area (TPSA) is 57.2 Å². The van der Waals surface area contributed by atoms with E-state index in [2.05, 4.69) is 24.3 Å². The largest absolute Gasteiger partial charge is 0.445 e. The Morgan fingerprint density at radius 1 is 0.510 bits per heavy atom. The van der Waals surface area contributed by atoms with Crippen molar-refractivity contribution in [2.24, 2.45) is 0 Å². The molecule has 0 spiro atoms. The summed E-state index contributed by atoms with van der Waals surface area (Å²) in [5, 5.41) is 0. The van der Waals surface area contributed by atoms with Gasteiger partial charge in [-0.1, -0.05) is 164 Å². The average Bonchev–Trinajstić information content (AvgIpc) is 3.34. The first-order chi connectivity index (χ1) is 24.2. The van der Waals surface area contributed by atoms with E-state index in [0.29, 0.717) is 32.8 Å². The van der Waals surface area contributed by atoms with E-state index in [1.54, 1.807) is 4.90 Å². The maximum atomic E-state index is 14.2. The van der Waals surface area contributed by atoms with Crippen molar-refractivity contribution in [1.29, 1.82) is 0 Å². The van der Waals surface area contributed by atoms with Gasteiger partial charge in [0.1, 0.15) is 24.9 Å². The summed E-state index contributed by atoms with van der Waals surface area (Å²) in [6.45, 7) is 1.62. The molecule has 0 heterocycles. The van der Waals surface area contributed by atoms with Gasteiger partial charge in [0, 0.05) is 6.54 Å². The smallest absolute Gasteiger partial charge is 0.410 e. The van der Waals surface area contributed by atoms with Crippen molar-refractivity contribution in [3.63, 3.8) is 0 Å². The van der Waals surface area contributed by atoms with Crippen LogP contribution in [0, 0.1) is 0 Å². The van der Waals surface area contributed by atoms with Crippen molar-refractivity contribution in [2.75, 3.05) is 0 Å². The minimum Gasteiger partial charge on any atom is -0.445 e. The van der Waals surface area contributed by atoms with E-state index in [4.69, 9.17) is 18.9 Å². The van der Waals surface area contributed by atoms with Crippen LogP contribution in [0.25, 0.3) is 0 Å². The third-order valence-electron chi connectivity index (χ3n) is 8.62. The summed E-state index contributed by atoms with van der Waals surface area (Å²) >= 11 is 0. The summed E-state index contributed by atoms with van der Waals surface area (Å²) < 4.78 is 26.3. The van der Waals surface area contributed by atoms with Crippen LogP contribution in [-0.4, -0.2) is 35.3 Å². The molecule has 0 bridgehead atoms. The van der Waals surface area contributed by atoms with Crippen LogP contribution in [0.3, 0.4) is 0 Å². The molecule has 0 saturated heterocycles. The van der Waals surface area contributed by atoms with Crippen molar-refractivity contribution in [2.45, 2.75) is 63.7 Å². The second-order valence-electron chi connectivity index (χ2n) is 12.2. The third kappa shape index (κ3) is 10.00. The molecule has 1 aliphatic carbocycles. The highest BCUT2D eigenvalue weighted by atomic mass is 16.6.